The van der Waals surface area contributed by atoms with Crippen LogP contribution in [-0.2, 0) is 20.9 Å². The summed E-state index contributed by atoms with van der Waals surface area (Å²) in [4.78, 5) is 22.0. The Kier molecular flexibility index (Phi) is 5.29. The zero-order chi connectivity index (χ0) is 13.5. The summed E-state index contributed by atoms with van der Waals surface area (Å²) in [6.45, 7) is 0.281. The third-order valence-electron chi connectivity index (χ3n) is 2.28. The maximum absolute atomic E-state index is 11.3. The molecule has 0 radical (unpaired) electrons. The van der Waals surface area contributed by atoms with Crippen molar-refractivity contribution in [1.82, 2.24) is 0 Å². The molecule has 0 aliphatic heterocycles. The number of benzene rings is 1. The molecule has 18 heavy (non-hydrogen) atoms. The smallest absolute Gasteiger partial charge is 0.337 e. The van der Waals surface area contributed by atoms with Crippen LogP contribution in [0.4, 0.5) is 0 Å². The van der Waals surface area contributed by atoms with Crippen LogP contribution in [0.3, 0.4) is 0 Å². The van der Waals surface area contributed by atoms with E-state index < -0.39 is 17.9 Å². The van der Waals surface area contributed by atoms with E-state index >= 15 is 0 Å². The molecule has 0 aliphatic rings. The molecule has 1 amide bonds. The van der Waals surface area contributed by atoms with Crippen LogP contribution >= 0.6 is 0 Å². The summed E-state index contributed by atoms with van der Waals surface area (Å²) in [7, 11) is 1.32. The third kappa shape index (κ3) is 4.15. The van der Waals surface area contributed by atoms with Crippen LogP contribution in [0.15, 0.2) is 24.3 Å². The number of nitrogens with two attached hydrogens (primary N) is 2. The van der Waals surface area contributed by atoms with Crippen LogP contribution in [0.25, 0.3) is 0 Å². The lowest BCUT2D eigenvalue weighted by Crippen LogP contribution is -2.40. The number of hydrogen-bond acceptors (Lipinski definition) is 5. The molecular formula is C12H16N2O4. The molecule has 4 N–H and O–H groups in total. The molecule has 1 rings (SSSR count). The van der Waals surface area contributed by atoms with E-state index in [2.05, 4.69) is 4.74 Å². The molecule has 0 saturated heterocycles. The van der Waals surface area contributed by atoms with Crippen molar-refractivity contribution in [3.63, 3.8) is 0 Å². The molecule has 1 aromatic carbocycles. The summed E-state index contributed by atoms with van der Waals surface area (Å²) < 4.78 is 9.84. The zero-order valence-electron chi connectivity index (χ0n) is 10.1. The fraction of sp³-hybridized carbons (Fsp3) is 0.333. The monoisotopic (exact) mass is 252 g/mol. The Morgan fingerprint density at radius 1 is 1.39 bits per heavy atom. The van der Waals surface area contributed by atoms with Crippen molar-refractivity contribution in [1.29, 1.82) is 0 Å². The van der Waals surface area contributed by atoms with Crippen LogP contribution in [0, 0.1) is 0 Å². The van der Waals surface area contributed by atoms with Crippen LogP contribution in [-0.4, -0.2) is 31.6 Å². The summed E-state index contributed by atoms with van der Waals surface area (Å²) in [5, 5.41) is 0. The fourth-order valence-electron chi connectivity index (χ4n) is 1.29. The van der Waals surface area contributed by atoms with Gasteiger partial charge < -0.3 is 20.9 Å². The molecule has 0 fully saturated rings. The van der Waals surface area contributed by atoms with E-state index in [0.717, 1.165) is 5.56 Å². The quantitative estimate of drug-likeness (QED) is 0.682. The van der Waals surface area contributed by atoms with Crippen molar-refractivity contribution in [3.8, 4) is 0 Å². The molecule has 1 aromatic rings. The molecule has 0 bridgehead atoms. The lowest BCUT2D eigenvalue weighted by atomic mass is 10.1. The summed E-state index contributed by atoms with van der Waals surface area (Å²) >= 11 is 0. The average Bonchev–Trinajstić information content (AvgIpc) is 2.37. The number of ether oxygens (including phenoxy) is 2. The summed E-state index contributed by atoms with van der Waals surface area (Å²) in [5.74, 6) is -1.02. The second-order valence-electron chi connectivity index (χ2n) is 3.72. The molecule has 0 heterocycles. The topological polar surface area (TPSA) is 105 Å². The standard InChI is InChI=1S/C12H16N2O4/c1-17-12(16)9-4-2-3-8(5-9)6-18-7-10(13)11(14)15/h2-5,10H,6-7,13H2,1H3,(H2,14,15). The summed E-state index contributed by atoms with van der Waals surface area (Å²) in [6, 6.07) is 5.99. The number of methoxy groups -OCH3 is 1. The first-order valence-corrected chi connectivity index (χ1v) is 5.34. The first-order valence-electron chi connectivity index (χ1n) is 5.34. The van der Waals surface area contributed by atoms with Gasteiger partial charge in [-0.05, 0) is 17.7 Å². The Balaban J connectivity index is 2.53. The third-order valence-corrected chi connectivity index (χ3v) is 2.28. The van der Waals surface area contributed by atoms with Crippen molar-refractivity contribution in [3.05, 3.63) is 35.4 Å². The largest absolute Gasteiger partial charge is 0.465 e. The second-order valence-corrected chi connectivity index (χ2v) is 3.72. The Morgan fingerprint density at radius 3 is 2.72 bits per heavy atom. The van der Waals surface area contributed by atoms with E-state index in [-0.39, 0.29) is 13.2 Å². The predicted octanol–water partition coefficient (Wildman–Crippen LogP) is -0.198. The van der Waals surface area contributed by atoms with Gasteiger partial charge >= 0.3 is 5.97 Å². The molecule has 0 spiro atoms. The maximum Gasteiger partial charge on any atom is 0.337 e. The molecule has 6 heteroatoms. The van der Waals surface area contributed by atoms with Gasteiger partial charge in [0.2, 0.25) is 5.91 Å². The number of amides is 1. The van der Waals surface area contributed by atoms with Crippen molar-refractivity contribution in [2.45, 2.75) is 12.6 Å². The second kappa shape index (κ2) is 6.73. The van der Waals surface area contributed by atoms with Gasteiger partial charge in [-0.15, -0.1) is 0 Å². The van der Waals surface area contributed by atoms with Gasteiger partial charge in [-0.1, -0.05) is 12.1 Å². The van der Waals surface area contributed by atoms with Gasteiger partial charge in [0.1, 0.15) is 6.04 Å². The molecule has 1 atom stereocenters. The highest BCUT2D eigenvalue weighted by molar-refractivity contribution is 5.89. The first-order chi connectivity index (χ1) is 8.54. The van der Waals surface area contributed by atoms with Crippen LogP contribution in [0.1, 0.15) is 15.9 Å². The van der Waals surface area contributed by atoms with E-state index in [1.807, 2.05) is 0 Å². The highest BCUT2D eigenvalue weighted by atomic mass is 16.5. The van der Waals surface area contributed by atoms with E-state index in [4.69, 9.17) is 16.2 Å². The zero-order valence-corrected chi connectivity index (χ0v) is 10.1. The Labute approximate surface area is 105 Å². The lowest BCUT2D eigenvalue weighted by molar-refractivity contribution is -0.120. The Morgan fingerprint density at radius 2 is 2.11 bits per heavy atom. The number of esters is 1. The normalized spacial score (nSPS) is 11.9. The minimum Gasteiger partial charge on any atom is -0.465 e. The van der Waals surface area contributed by atoms with Gasteiger partial charge in [0.25, 0.3) is 0 Å². The van der Waals surface area contributed by atoms with Gasteiger partial charge in [-0.2, -0.15) is 0 Å². The van der Waals surface area contributed by atoms with E-state index in [9.17, 15) is 9.59 Å². The Bertz CT molecular complexity index is 434. The maximum atomic E-state index is 11.3. The predicted molar refractivity (Wildman–Crippen MR) is 64.6 cm³/mol. The highest BCUT2D eigenvalue weighted by Crippen LogP contribution is 2.08. The molecular weight excluding hydrogens is 236 g/mol. The van der Waals surface area contributed by atoms with Gasteiger partial charge in [0.15, 0.2) is 0 Å². The van der Waals surface area contributed by atoms with Crippen LogP contribution in [0.5, 0.6) is 0 Å². The van der Waals surface area contributed by atoms with E-state index in [1.165, 1.54) is 7.11 Å². The van der Waals surface area contributed by atoms with Crippen molar-refractivity contribution in [2.24, 2.45) is 11.5 Å². The number of hydrogen-bond donors (Lipinski definition) is 2. The van der Waals surface area contributed by atoms with E-state index in [0.29, 0.717) is 5.56 Å². The Hall–Kier alpha value is -1.92. The number of primary amides is 1. The van der Waals surface area contributed by atoms with Crippen LogP contribution in [0.2, 0.25) is 0 Å². The van der Waals surface area contributed by atoms with Gasteiger partial charge in [-0.25, -0.2) is 4.79 Å². The molecule has 0 saturated carbocycles. The number of carbonyl (C=O) groups is 2. The lowest BCUT2D eigenvalue weighted by Gasteiger charge is -2.09. The molecule has 6 nitrogen and oxygen atoms in total. The molecule has 1 unspecified atom stereocenters. The fourth-order valence-corrected chi connectivity index (χ4v) is 1.29. The van der Waals surface area contributed by atoms with Crippen LogP contribution < -0.4 is 11.5 Å². The highest BCUT2D eigenvalue weighted by Gasteiger charge is 2.09. The number of rotatable bonds is 6. The van der Waals surface area contributed by atoms with Crippen molar-refractivity contribution < 1.29 is 19.1 Å². The van der Waals surface area contributed by atoms with E-state index in [1.54, 1.807) is 24.3 Å². The molecule has 0 aliphatic carbocycles. The SMILES string of the molecule is COC(=O)c1cccc(COCC(N)C(N)=O)c1. The van der Waals surface area contributed by atoms with Crippen molar-refractivity contribution in [2.75, 3.05) is 13.7 Å². The molecule has 98 valence electrons. The van der Waals surface area contributed by atoms with Gasteiger partial charge in [0.05, 0.1) is 25.9 Å². The first kappa shape index (κ1) is 14.1. The minimum absolute atomic E-state index is 0.0395. The average molecular weight is 252 g/mol. The number of carbonyl (C=O) groups excluding carboxylic acids is 2. The van der Waals surface area contributed by atoms with Gasteiger partial charge in [-0.3, -0.25) is 4.79 Å². The van der Waals surface area contributed by atoms with Crippen molar-refractivity contribution >= 4 is 11.9 Å². The summed E-state index contributed by atoms with van der Waals surface area (Å²) in [6.07, 6.45) is 0. The van der Waals surface area contributed by atoms with Gasteiger partial charge in [0, 0.05) is 0 Å². The minimum atomic E-state index is -0.825. The summed E-state index contributed by atoms with van der Waals surface area (Å²) in [5.41, 5.74) is 11.6. The molecule has 0 aromatic heterocycles.